The van der Waals surface area contributed by atoms with Gasteiger partial charge in [-0.15, -0.1) is 11.3 Å². The van der Waals surface area contributed by atoms with Crippen LogP contribution >= 0.6 is 11.3 Å². The van der Waals surface area contributed by atoms with Crippen molar-refractivity contribution in [2.75, 3.05) is 13.1 Å². The van der Waals surface area contributed by atoms with Crippen LogP contribution in [0.5, 0.6) is 0 Å². The Bertz CT molecular complexity index is 815. The molecule has 0 aliphatic rings. The van der Waals surface area contributed by atoms with Crippen molar-refractivity contribution in [1.29, 1.82) is 0 Å². The monoisotopic (exact) mass is 340 g/mol. The second kappa shape index (κ2) is 7.22. The van der Waals surface area contributed by atoms with Crippen LogP contribution in [0.1, 0.15) is 36.6 Å². The molecule has 0 fully saturated rings. The molecule has 3 aromatic rings. The van der Waals surface area contributed by atoms with Crippen molar-refractivity contribution in [3.05, 3.63) is 58.4 Å². The molecule has 1 aromatic carbocycles. The summed E-state index contributed by atoms with van der Waals surface area (Å²) in [7, 11) is 2.07. The molecule has 0 N–H and O–H groups in total. The summed E-state index contributed by atoms with van der Waals surface area (Å²) >= 11 is 1.73. The number of para-hydroxylation sites is 1. The van der Waals surface area contributed by atoms with Crippen molar-refractivity contribution in [1.82, 2.24) is 9.47 Å². The summed E-state index contributed by atoms with van der Waals surface area (Å²) in [5.74, 6) is 0.343. The van der Waals surface area contributed by atoms with Crippen LogP contribution in [0, 0.1) is 0 Å². The smallest absolute Gasteiger partial charge is 0.223 e. The third-order valence-electron chi connectivity index (χ3n) is 4.68. The van der Waals surface area contributed by atoms with E-state index in [9.17, 15) is 4.79 Å². The number of fused-ring (bicyclic) bond motifs is 1. The van der Waals surface area contributed by atoms with Gasteiger partial charge in [0, 0.05) is 54.5 Å². The summed E-state index contributed by atoms with van der Waals surface area (Å²) in [5, 5.41) is 3.33. The van der Waals surface area contributed by atoms with Gasteiger partial charge in [-0.05, 0) is 36.9 Å². The van der Waals surface area contributed by atoms with Gasteiger partial charge in [-0.3, -0.25) is 4.79 Å². The molecule has 126 valence electrons. The molecule has 0 radical (unpaired) electrons. The SMILES string of the molecule is CCN(CC)C(=O)CC(c1cccs1)c1cn(C)c2ccccc12. The van der Waals surface area contributed by atoms with Crippen LogP contribution in [-0.4, -0.2) is 28.5 Å². The summed E-state index contributed by atoms with van der Waals surface area (Å²) in [6.45, 7) is 5.61. The number of benzene rings is 1. The first-order valence-electron chi connectivity index (χ1n) is 8.50. The fourth-order valence-corrected chi connectivity index (χ4v) is 4.23. The number of rotatable bonds is 6. The van der Waals surface area contributed by atoms with Crippen LogP contribution in [0.4, 0.5) is 0 Å². The molecule has 0 saturated heterocycles. The molecule has 4 heteroatoms. The quantitative estimate of drug-likeness (QED) is 0.642. The lowest BCUT2D eigenvalue weighted by Crippen LogP contribution is -2.31. The Morgan fingerprint density at radius 1 is 1.17 bits per heavy atom. The lowest BCUT2D eigenvalue weighted by atomic mass is 9.93. The first-order valence-corrected chi connectivity index (χ1v) is 9.38. The number of aromatic nitrogens is 1. The minimum absolute atomic E-state index is 0.115. The lowest BCUT2D eigenvalue weighted by molar-refractivity contribution is -0.131. The number of hydrogen-bond acceptors (Lipinski definition) is 2. The standard InChI is InChI=1S/C20H24N2OS/c1-4-22(5-2)20(23)13-16(19-11-8-12-24-19)17-14-21(3)18-10-7-6-9-15(17)18/h6-12,14,16H,4-5,13H2,1-3H3. The topological polar surface area (TPSA) is 25.2 Å². The van der Waals surface area contributed by atoms with Crippen LogP contribution < -0.4 is 0 Å². The third-order valence-corrected chi connectivity index (χ3v) is 5.67. The zero-order valence-electron chi connectivity index (χ0n) is 14.5. The summed E-state index contributed by atoms with van der Waals surface area (Å²) in [6.07, 6.45) is 2.71. The maximum atomic E-state index is 12.8. The Morgan fingerprint density at radius 2 is 1.92 bits per heavy atom. The van der Waals surface area contributed by atoms with Crippen LogP contribution in [-0.2, 0) is 11.8 Å². The highest BCUT2D eigenvalue weighted by atomic mass is 32.1. The molecule has 3 nitrogen and oxygen atoms in total. The number of amides is 1. The highest BCUT2D eigenvalue weighted by molar-refractivity contribution is 7.10. The largest absolute Gasteiger partial charge is 0.350 e. The van der Waals surface area contributed by atoms with Crippen molar-refractivity contribution in [3.8, 4) is 0 Å². The number of aryl methyl sites for hydroxylation is 1. The Kier molecular flexibility index (Phi) is 5.05. The Morgan fingerprint density at radius 3 is 2.58 bits per heavy atom. The molecular formula is C20H24N2OS. The van der Waals surface area contributed by atoms with Gasteiger partial charge >= 0.3 is 0 Å². The van der Waals surface area contributed by atoms with E-state index in [2.05, 4.69) is 59.6 Å². The average Bonchev–Trinajstić information content (AvgIpc) is 3.23. The van der Waals surface area contributed by atoms with E-state index in [-0.39, 0.29) is 11.8 Å². The van der Waals surface area contributed by atoms with E-state index in [0.717, 1.165) is 13.1 Å². The molecule has 3 rings (SSSR count). The summed E-state index contributed by atoms with van der Waals surface area (Å²) < 4.78 is 2.16. The molecule has 0 spiro atoms. The first-order chi connectivity index (χ1) is 11.7. The van der Waals surface area contributed by atoms with Gasteiger partial charge in [0.05, 0.1) is 0 Å². The first kappa shape index (κ1) is 16.8. The molecule has 1 unspecified atom stereocenters. The van der Waals surface area contributed by atoms with E-state index in [4.69, 9.17) is 0 Å². The zero-order valence-corrected chi connectivity index (χ0v) is 15.3. The minimum atomic E-state index is 0.115. The predicted octanol–water partition coefficient (Wildman–Crippen LogP) is 4.63. The highest BCUT2D eigenvalue weighted by Gasteiger charge is 2.24. The van der Waals surface area contributed by atoms with Gasteiger partial charge in [-0.1, -0.05) is 24.3 Å². The predicted molar refractivity (Wildman–Crippen MR) is 102 cm³/mol. The third kappa shape index (κ3) is 3.11. The number of carbonyl (C=O) groups excluding carboxylic acids is 1. The van der Waals surface area contributed by atoms with Gasteiger partial charge in [0.15, 0.2) is 0 Å². The van der Waals surface area contributed by atoms with Crippen LogP contribution in [0.2, 0.25) is 0 Å². The van der Waals surface area contributed by atoms with Crippen molar-refractivity contribution in [2.45, 2.75) is 26.2 Å². The van der Waals surface area contributed by atoms with E-state index >= 15 is 0 Å². The van der Waals surface area contributed by atoms with Crippen LogP contribution in [0.25, 0.3) is 10.9 Å². The molecule has 2 heterocycles. The Hall–Kier alpha value is -2.07. The van der Waals surface area contributed by atoms with Gasteiger partial charge < -0.3 is 9.47 Å². The summed E-state index contributed by atoms with van der Waals surface area (Å²) in [5.41, 5.74) is 2.46. The number of thiophene rings is 1. The van der Waals surface area contributed by atoms with E-state index in [1.165, 1.54) is 21.3 Å². The van der Waals surface area contributed by atoms with Crippen molar-refractivity contribution >= 4 is 28.1 Å². The summed E-state index contributed by atoms with van der Waals surface area (Å²) in [6, 6.07) is 12.6. The van der Waals surface area contributed by atoms with Gasteiger partial charge in [0.25, 0.3) is 0 Å². The van der Waals surface area contributed by atoms with Crippen molar-refractivity contribution < 1.29 is 4.79 Å². The van der Waals surface area contributed by atoms with E-state index in [1.54, 1.807) is 11.3 Å². The second-order valence-corrected chi connectivity index (χ2v) is 7.03. The molecule has 1 amide bonds. The van der Waals surface area contributed by atoms with Crippen molar-refractivity contribution in [3.63, 3.8) is 0 Å². The Balaban J connectivity index is 2.04. The molecule has 0 aliphatic carbocycles. The van der Waals surface area contributed by atoms with Gasteiger partial charge in [0.1, 0.15) is 0 Å². The molecule has 0 aliphatic heterocycles. The van der Waals surface area contributed by atoms with E-state index < -0.39 is 0 Å². The van der Waals surface area contributed by atoms with Gasteiger partial charge in [0.2, 0.25) is 5.91 Å². The normalized spacial score (nSPS) is 12.5. The maximum absolute atomic E-state index is 12.8. The van der Waals surface area contributed by atoms with E-state index in [1.807, 2.05) is 18.7 Å². The Labute approximate surface area is 147 Å². The number of hydrogen-bond donors (Lipinski definition) is 0. The molecule has 0 saturated carbocycles. The lowest BCUT2D eigenvalue weighted by Gasteiger charge is -2.22. The second-order valence-electron chi connectivity index (χ2n) is 6.05. The zero-order chi connectivity index (χ0) is 17.1. The van der Waals surface area contributed by atoms with Crippen molar-refractivity contribution in [2.24, 2.45) is 7.05 Å². The summed E-state index contributed by atoms with van der Waals surface area (Å²) in [4.78, 5) is 15.9. The van der Waals surface area contributed by atoms with Crippen LogP contribution in [0.15, 0.2) is 48.0 Å². The molecule has 2 aromatic heterocycles. The average molecular weight is 340 g/mol. The number of carbonyl (C=O) groups is 1. The number of nitrogens with zero attached hydrogens (tertiary/aromatic N) is 2. The fraction of sp³-hybridized carbons (Fsp3) is 0.350. The highest BCUT2D eigenvalue weighted by Crippen LogP contribution is 2.36. The minimum Gasteiger partial charge on any atom is -0.350 e. The maximum Gasteiger partial charge on any atom is 0.223 e. The molecule has 24 heavy (non-hydrogen) atoms. The van der Waals surface area contributed by atoms with Crippen LogP contribution in [0.3, 0.4) is 0 Å². The fourth-order valence-electron chi connectivity index (χ4n) is 3.38. The molecular weight excluding hydrogens is 316 g/mol. The van der Waals surface area contributed by atoms with Gasteiger partial charge in [-0.25, -0.2) is 0 Å². The van der Waals surface area contributed by atoms with Gasteiger partial charge in [-0.2, -0.15) is 0 Å². The molecule has 1 atom stereocenters. The molecule has 0 bridgehead atoms. The van der Waals surface area contributed by atoms with E-state index in [0.29, 0.717) is 6.42 Å².